The molecule has 6 nitrogen and oxygen atoms in total. The Bertz CT molecular complexity index is 676. The average Bonchev–Trinajstić information content (AvgIpc) is 2.61. The van der Waals surface area contributed by atoms with Crippen molar-refractivity contribution < 1.29 is 19.8 Å². The number of benzene rings is 2. The summed E-state index contributed by atoms with van der Waals surface area (Å²) in [6.07, 6.45) is -1.42. The SMILES string of the molecule is N[C@@H](c1ccccc1)[C@@H](O)C(=O)N[C@@H](Cc1ccccc1)C(=O)O. The van der Waals surface area contributed by atoms with Gasteiger partial charge in [-0.25, -0.2) is 4.79 Å². The van der Waals surface area contributed by atoms with E-state index in [1.807, 2.05) is 6.07 Å². The number of nitrogens with one attached hydrogen (secondary N) is 1. The zero-order chi connectivity index (χ0) is 17.5. The van der Waals surface area contributed by atoms with Gasteiger partial charge in [0.2, 0.25) is 0 Å². The first-order valence-electron chi connectivity index (χ1n) is 7.54. The summed E-state index contributed by atoms with van der Waals surface area (Å²) in [4.78, 5) is 23.5. The monoisotopic (exact) mass is 328 g/mol. The highest BCUT2D eigenvalue weighted by Gasteiger charge is 2.28. The highest BCUT2D eigenvalue weighted by atomic mass is 16.4. The van der Waals surface area contributed by atoms with Crippen molar-refractivity contribution >= 4 is 11.9 Å². The van der Waals surface area contributed by atoms with Crippen LogP contribution in [0.15, 0.2) is 60.7 Å². The molecule has 0 unspecified atom stereocenters. The Labute approximate surface area is 139 Å². The second-order valence-corrected chi connectivity index (χ2v) is 5.47. The Morgan fingerprint density at radius 2 is 1.54 bits per heavy atom. The van der Waals surface area contributed by atoms with Gasteiger partial charge in [0, 0.05) is 6.42 Å². The molecule has 2 rings (SSSR count). The number of aliphatic hydroxyl groups excluding tert-OH is 1. The number of nitrogens with two attached hydrogens (primary N) is 1. The van der Waals surface area contributed by atoms with E-state index in [9.17, 15) is 19.8 Å². The first kappa shape index (κ1) is 17.7. The molecule has 0 heterocycles. The molecule has 0 aliphatic heterocycles. The van der Waals surface area contributed by atoms with Gasteiger partial charge >= 0.3 is 5.97 Å². The molecule has 0 spiro atoms. The standard InChI is InChI=1S/C18H20N2O4/c19-15(13-9-5-2-6-10-13)16(21)17(22)20-14(18(23)24)11-12-7-3-1-4-8-12/h1-10,14-16,21H,11,19H2,(H,20,22)(H,23,24)/t14-,15-,16+/m0/s1. The number of amides is 1. The fraction of sp³-hybridized carbons (Fsp3) is 0.222. The van der Waals surface area contributed by atoms with Gasteiger partial charge < -0.3 is 21.3 Å². The minimum Gasteiger partial charge on any atom is -0.480 e. The van der Waals surface area contributed by atoms with E-state index in [-0.39, 0.29) is 6.42 Å². The zero-order valence-electron chi connectivity index (χ0n) is 13.0. The van der Waals surface area contributed by atoms with Crippen molar-refractivity contribution in [1.82, 2.24) is 5.32 Å². The van der Waals surface area contributed by atoms with Crippen molar-refractivity contribution in [2.75, 3.05) is 0 Å². The van der Waals surface area contributed by atoms with Gasteiger partial charge in [-0.1, -0.05) is 60.7 Å². The van der Waals surface area contributed by atoms with Crippen LogP contribution in [0.4, 0.5) is 0 Å². The summed E-state index contributed by atoms with van der Waals surface area (Å²) < 4.78 is 0. The molecule has 0 saturated carbocycles. The van der Waals surface area contributed by atoms with Crippen LogP contribution >= 0.6 is 0 Å². The minimum absolute atomic E-state index is 0.120. The molecule has 0 aliphatic rings. The summed E-state index contributed by atoms with van der Waals surface area (Å²) in [5, 5.41) is 21.7. The maximum atomic E-state index is 12.2. The molecule has 1 amide bonds. The summed E-state index contributed by atoms with van der Waals surface area (Å²) in [6, 6.07) is 15.5. The van der Waals surface area contributed by atoms with Gasteiger partial charge in [-0.2, -0.15) is 0 Å². The minimum atomic E-state index is -1.54. The highest BCUT2D eigenvalue weighted by molar-refractivity contribution is 5.87. The largest absolute Gasteiger partial charge is 0.480 e. The maximum Gasteiger partial charge on any atom is 0.326 e. The molecule has 0 aromatic heterocycles. The Balaban J connectivity index is 2.03. The first-order chi connectivity index (χ1) is 11.5. The van der Waals surface area contributed by atoms with E-state index in [0.717, 1.165) is 5.56 Å². The normalized spacial score (nSPS) is 14.4. The lowest BCUT2D eigenvalue weighted by atomic mass is 10.0. The van der Waals surface area contributed by atoms with Crippen molar-refractivity contribution in [3.05, 3.63) is 71.8 Å². The van der Waals surface area contributed by atoms with E-state index >= 15 is 0 Å². The fourth-order valence-corrected chi connectivity index (χ4v) is 2.33. The molecule has 0 fully saturated rings. The predicted octanol–water partition coefficient (Wildman–Crippen LogP) is 0.859. The van der Waals surface area contributed by atoms with Crippen LogP contribution in [0.1, 0.15) is 17.2 Å². The molecule has 24 heavy (non-hydrogen) atoms. The fourth-order valence-electron chi connectivity index (χ4n) is 2.33. The summed E-state index contributed by atoms with van der Waals surface area (Å²) in [5.74, 6) is -1.98. The van der Waals surface area contributed by atoms with Crippen molar-refractivity contribution in [1.29, 1.82) is 0 Å². The molecule has 6 heteroatoms. The number of aliphatic hydroxyl groups is 1. The van der Waals surface area contributed by atoms with E-state index < -0.39 is 30.1 Å². The Morgan fingerprint density at radius 3 is 2.08 bits per heavy atom. The third-order valence-electron chi connectivity index (χ3n) is 3.69. The van der Waals surface area contributed by atoms with E-state index in [1.165, 1.54) is 0 Å². The molecular weight excluding hydrogens is 308 g/mol. The van der Waals surface area contributed by atoms with Crippen molar-refractivity contribution in [3.63, 3.8) is 0 Å². The van der Waals surface area contributed by atoms with Crippen molar-refractivity contribution in [2.24, 2.45) is 5.73 Å². The van der Waals surface area contributed by atoms with Gasteiger partial charge in [0.25, 0.3) is 5.91 Å². The summed E-state index contributed by atoms with van der Waals surface area (Å²) in [7, 11) is 0. The van der Waals surface area contributed by atoms with Crippen molar-refractivity contribution in [3.8, 4) is 0 Å². The molecule has 0 aliphatic carbocycles. The van der Waals surface area contributed by atoms with Gasteiger partial charge in [0.05, 0.1) is 6.04 Å². The summed E-state index contributed by atoms with van der Waals surface area (Å²) in [5.41, 5.74) is 7.25. The molecule has 3 atom stereocenters. The van der Waals surface area contributed by atoms with E-state index in [1.54, 1.807) is 54.6 Å². The van der Waals surface area contributed by atoms with Gasteiger partial charge in [-0.3, -0.25) is 4.79 Å². The van der Waals surface area contributed by atoms with Crippen molar-refractivity contribution in [2.45, 2.75) is 24.6 Å². The molecule has 2 aromatic carbocycles. The van der Waals surface area contributed by atoms with Crippen LogP contribution in [0.2, 0.25) is 0 Å². The van der Waals surface area contributed by atoms with E-state index in [0.29, 0.717) is 5.56 Å². The van der Waals surface area contributed by atoms with Crippen LogP contribution in [0.3, 0.4) is 0 Å². The van der Waals surface area contributed by atoms with E-state index in [2.05, 4.69) is 5.32 Å². The molecule has 0 radical (unpaired) electrons. The number of aliphatic carboxylic acids is 1. The number of hydrogen-bond donors (Lipinski definition) is 4. The molecule has 5 N–H and O–H groups in total. The second-order valence-electron chi connectivity index (χ2n) is 5.47. The van der Waals surface area contributed by atoms with Crippen LogP contribution in [0.5, 0.6) is 0 Å². The maximum absolute atomic E-state index is 12.2. The average molecular weight is 328 g/mol. The number of hydrogen-bond acceptors (Lipinski definition) is 4. The molecule has 0 saturated heterocycles. The summed E-state index contributed by atoms with van der Waals surface area (Å²) in [6.45, 7) is 0. The lowest BCUT2D eigenvalue weighted by Gasteiger charge is -2.21. The van der Waals surface area contributed by atoms with Gasteiger partial charge in [-0.05, 0) is 11.1 Å². The molecule has 126 valence electrons. The Kier molecular flexibility index (Phi) is 6.06. The number of rotatable bonds is 7. The molecule has 0 bridgehead atoms. The first-order valence-corrected chi connectivity index (χ1v) is 7.54. The van der Waals surface area contributed by atoms with Crippen LogP contribution in [-0.2, 0) is 16.0 Å². The number of carbonyl (C=O) groups is 2. The van der Waals surface area contributed by atoms with Crippen LogP contribution in [-0.4, -0.2) is 34.2 Å². The smallest absolute Gasteiger partial charge is 0.326 e. The third-order valence-corrected chi connectivity index (χ3v) is 3.69. The van der Waals surface area contributed by atoms with Crippen LogP contribution in [0.25, 0.3) is 0 Å². The quantitative estimate of drug-likeness (QED) is 0.602. The highest BCUT2D eigenvalue weighted by Crippen LogP contribution is 2.14. The van der Waals surface area contributed by atoms with Gasteiger partial charge in [-0.15, -0.1) is 0 Å². The predicted molar refractivity (Wildman–Crippen MR) is 89.1 cm³/mol. The molecule has 2 aromatic rings. The van der Waals surface area contributed by atoms with Crippen LogP contribution in [0, 0.1) is 0 Å². The van der Waals surface area contributed by atoms with Crippen LogP contribution < -0.4 is 11.1 Å². The topological polar surface area (TPSA) is 113 Å². The van der Waals surface area contributed by atoms with Gasteiger partial charge in [0.1, 0.15) is 6.04 Å². The number of carbonyl (C=O) groups excluding carboxylic acids is 1. The number of carboxylic acid groups (broad SMARTS) is 1. The van der Waals surface area contributed by atoms with E-state index in [4.69, 9.17) is 5.73 Å². The molecular formula is C18H20N2O4. The Morgan fingerprint density at radius 1 is 1.00 bits per heavy atom. The lowest BCUT2D eigenvalue weighted by Crippen LogP contribution is -2.49. The lowest BCUT2D eigenvalue weighted by molar-refractivity contribution is -0.143. The van der Waals surface area contributed by atoms with Gasteiger partial charge in [0.15, 0.2) is 6.10 Å². The Hall–Kier alpha value is -2.70. The third kappa shape index (κ3) is 4.65. The zero-order valence-corrected chi connectivity index (χ0v) is 13.0. The second kappa shape index (κ2) is 8.24. The summed E-state index contributed by atoms with van der Waals surface area (Å²) >= 11 is 0. The number of carboxylic acids is 1.